The molecule has 0 spiro atoms. The van der Waals surface area contributed by atoms with Gasteiger partial charge in [0.15, 0.2) is 5.75 Å². The van der Waals surface area contributed by atoms with E-state index in [0.717, 1.165) is 5.56 Å². The number of carbonyl (C=O) groups excluding carboxylic acids is 2. The van der Waals surface area contributed by atoms with E-state index in [4.69, 9.17) is 4.74 Å². The molecule has 0 fully saturated rings. The topological polar surface area (TPSA) is 58.6 Å². The second kappa shape index (κ2) is 10.1. The smallest absolute Gasteiger partial charge is 0.233 e. The molecule has 0 saturated carbocycles. The Hall–Kier alpha value is -3.60. The molecule has 0 atom stereocenters. The third-order valence-corrected chi connectivity index (χ3v) is 4.39. The average Bonchev–Trinajstić information content (AvgIpc) is 2.74. The molecule has 0 bridgehead atoms. The van der Waals surface area contributed by atoms with Crippen LogP contribution in [0.2, 0.25) is 0 Å². The lowest BCUT2D eigenvalue weighted by molar-refractivity contribution is -0.134. The number of hydrogen-bond acceptors (Lipinski definition) is 3. The first-order valence-electron chi connectivity index (χ1n) is 9.59. The Balaban J connectivity index is 1.62. The van der Waals surface area contributed by atoms with Crippen molar-refractivity contribution in [2.45, 2.75) is 19.9 Å². The lowest BCUT2D eigenvalue weighted by Crippen LogP contribution is -2.33. The highest BCUT2D eigenvalue weighted by atomic mass is 16.5. The van der Waals surface area contributed by atoms with Crippen LogP contribution in [0.15, 0.2) is 84.9 Å². The summed E-state index contributed by atoms with van der Waals surface area (Å²) in [5.41, 5.74) is 1.56. The number of hydrogen-bond donors (Lipinski definition) is 1. The first-order chi connectivity index (χ1) is 14.2. The predicted molar refractivity (Wildman–Crippen MR) is 114 cm³/mol. The fraction of sp³-hybridized carbons (Fsp3) is 0.167. The van der Waals surface area contributed by atoms with E-state index in [1.165, 1.54) is 0 Å². The molecule has 0 unspecified atom stereocenters. The minimum Gasteiger partial charge on any atom is -0.455 e. The normalized spacial score (nSPS) is 10.2. The van der Waals surface area contributed by atoms with E-state index in [0.29, 0.717) is 30.3 Å². The molecule has 0 heterocycles. The van der Waals surface area contributed by atoms with E-state index in [-0.39, 0.29) is 18.2 Å². The van der Waals surface area contributed by atoms with Gasteiger partial charge >= 0.3 is 0 Å². The zero-order chi connectivity index (χ0) is 20.5. The minimum absolute atomic E-state index is 0.213. The summed E-state index contributed by atoms with van der Waals surface area (Å²) in [4.78, 5) is 26.7. The van der Waals surface area contributed by atoms with Gasteiger partial charge < -0.3 is 15.0 Å². The maximum Gasteiger partial charge on any atom is 0.233 e. The van der Waals surface area contributed by atoms with Crippen molar-refractivity contribution in [3.63, 3.8) is 0 Å². The molecular weight excluding hydrogens is 364 g/mol. The van der Waals surface area contributed by atoms with Crippen LogP contribution in [0.25, 0.3) is 0 Å². The molecule has 3 aromatic carbocycles. The molecule has 0 aromatic heterocycles. The van der Waals surface area contributed by atoms with Crippen molar-refractivity contribution < 1.29 is 14.3 Å². The van der Waals surface area contributed by atoms with Crippen molar-refractivity contribution in [3.8, 4) is 11.5 Å². The summed E-state index contributed by atoms with van der Waals surface area (Å²) in [7, 11) is 0. The number of nitrogens with zero attached hydrogens (tertiary/aromatic N) is 1. The summed E-state index contributed by atoms with van der Waals surface area (Å²) in [6.45, 7) is 2.92. The van der Waals surface area contributed by atoms with E-state index in [9.17, 15) is 9.59 Å². The van der Waals surface area contributed by atoms with Crippen molar-refractivity contribution >= 4 is 17.5 Å². The van der Waals surface area contributed by atoms with Crippen LogP contribution in [0.5, 0.6) is 11.5 Å². The summed E-state index contributed by atoms with van der Waals surface area (Å²) < 4.78 is 5.85. The highest BCUT2D eigenvalue weighted by Crippen LogP contribution is 2.29. The van der Waals surface area contributed by atoms with Crippen LogP contribution in [0, 0.1) is 0 Å². The van der Waals surface area contributed by atoms with Gasteiger partial charge in [-0.05, 0) is 36.8 Å². The fourth-order valence-corrected chi connectivity index (χ4v) is 2.90. The molecule has 3 aromatic rings. The van der Waals surface area contributed by atoms with Crippen LogP contribution in [-0.4, -0.2) is 23.3 Å². The summed E-state index contributed by atoms with van der Waals surface area (Å²) in [5, 5.41) is 2.79. The standard InChI is InChI=1S/C24H24N2O3/c1-2-26(18-19-11-5-3-6-12-19)24(28)17-23(27)25-21-15-9-10-16-22(21)29-20-13-7-4-8-14-20/h3-16H,2,17-18H2,1H3,(H,25,27). The van der Waals surface area contributed by atoms with Crippen LogP contribution in [-0.2, 0) is 16.1 Å². The van der Waals surface area contributed by atoms with Crippen molar-refractivity contribution in [1.82, 2.24) is 4.90 Å². The lowest BCUT2D eigenvalue weighted by atomic mass is 10.2. The number of nitrogens with one attached hydrogen (secondary N) is 1. The number of para-hydroxylation sites is 3. The Bertz CT molecular complexity index is 943. The molecule has 0 radical (unpaired) electrons. The zero-order valence-electron chi connectivity index (χ0n) is 16.4. The molecule has 0 aliphatic carbocycles. The number of anilines is 1. The van der Waals surface area contributed by atoms with Gasteiger partial charge in [-0.2, -0.15) is 0 Å². The van der Waals surface area contributed by atoms with Gasteiger partial charge in [-0.25, -0.2) is 0 Å². The third kappa shape index (κ3) is 5.94. The van der Waals surface area contributed by atoms with Gasteiger partial charge in [0.2, 0.25) is 11.8 Å². The van der Waals surface area contributed by atoms with Crippen molar-refractivity contribution in [3.05, 3.63) is 90.5 Å². The molecule has 29 heavy (non-hydrogen) atoms. The Morgan fingerprint density at radius 3 is 2.17 bits per heavy atom. The van der Waals surface area contributed by atoms with Crippen LogP contribution >= 0.6 is 0 Å². The van der Waals surface area contributed by atoms with Crippen molar-refractivity contribution in [2.75, 3.05) is 11.9 Å². The van der Waals surface area contributed by atoms with Gasteiger partial charge in [0, 0.05) is 13.1 Å². The van der Waals surface area contributed by atoms with E-state index in [2.05, 4.69) is 5.32 Å². The number of benzene rings is 3. The maximum atomic E-state index is 12.6. The molecule has 0 aliphatic rings. The van der Waals surface area contributed by atoms with Gasteiger partial charge in [0.25, 0.3) is 0 Å². The van der Waals surface area contributed by atoms with Gasteiger partial charge in [-0.3, -0.25) is 9.59 Å². The monoisotopic (exact) mass is 388 g/mol. The highest BCUT2D eigenvalue weighted by Gasteiger charge is 2.17. The first-order valence-corrected chi connectivity index (χ1v) is 9.59. The lowest BCUT2D eigenvalue weighted by Gasteiger charge is -2.21. The molecule has 2 amide bonds. The predicted octanol–water partition coefficient (Wildman–Crippen LogP) is 4.86. The second-order valence-corrected chi connectivity index (χ2v) is 6.53. The molecule has 148 valence electrons. The number of rotatable bonds is 8. The van der Waals surface area contributed by atoms with Crippen LogP contribution in [0.1, 0.15) is 18.9 Å². The summed E-state index contributed by atoms with van der Waals surface area (Å²) in [6, 6.07) is 26.2. The molecular formula is C24H24N2O3. The van der Waals surface area contributed by atoms with E-state index in [1.807, 2.05) is 79.7 Å². The van der Waals surface area contributed by atoms with Crippen molar-refractivity contribution in [2.24, 2.45) is 0 Å². The number of amides is 2. The third-order valence-electron chi connectivity index (χ3n) is 4.39. The number of carbonyl (C=O) groups is 2. The van der Waals surface area contributed by atoms with E-state index >= 15 is 0 Å². The quantitative estimate of drug-likeness (QED) is 0.561. The second-order valence-electron chi connectivity index (χ2n) is 6.53. The Kier molecular flexibility index (Phi) is 7.00. The molecule has 0 saturated heterocycles. The molecule has 5 heteroatoms. The van der Waals surface area contributed by atoms with Gasteiger partial charge in [0.05, 0.1) is 5.69 Å². The first kappa shape index (κ1) is 20.1. The molecule has 0 aliphatic heterocycles. The summed E-state index contributed by atoms with van der Waals surface area (Å²) in [5.74, 6) is 0.613. The molecule has 3 rings (SSSR count). The fourth-order valence-electron chi connectivity index (χ4n) is 2.90. The molecule has 1 N–H and O–H groups in total. The maximum absolute atomic E-state index is 12.6. The molecule has 5 nitrogen and oxygen atoms in total. The Morgan fingerprint density at radius 2 is 1.48 bits per heavy atom. The average molecular weight is 388 g/mol. The largest absolute Gasteiger partial charge is 0.455 e. The number of ether oxygens (including phenoxy) is 1. The van der Waals surface area contributed by atoms with E-state index in [1.54, 1.807) is 17.0 Å². The summed E-state index contributed by atoms with van der Waals surface area (Å²) >= 11 is 0. The van der Waals surface area contributed by atoms with Gasteiger partial charge in [-0.15, -0.1) is 0 Å². The van der Waals surface area contributed by atoms with Crippen molar-refractivity contribution in [1.29, 1.82) is 0 Å². The Morgan fingerprint density at radius 1 is 0.862 bits per heavy atom. The van der Waals surface area contributed by atoms with E-state index < -0.39 is 0 Å². The van der Waals surface area contributed by atoms with Gasteiger partial charge in [0.1, 0.15) is 12.2 Å². The van der Waals surface area contributed by atoms with Crippen LogP contribution in [0.3, 0.4) is 0 Å². The minimum atomic E-state index is -0.370. The van der Waals surface area contributed by atoms with Gasteiger partial charge in [-0.1, -0.05) is 60.7 Å². The Labute approximate surface area is 170 Å². The van der Waals surface area contributed by atoms with Crippen LogP contribution in [0.4, 0.5) is 5.69 Å². The highest BCUT2D eigenvalue weighted by molar-refractivity contribution is 6.04. The van der Waals surface area contributed by atoms with Crippen LogP contribution < -0.4 is 10.1 Å². The zero-order valence-corrected chi connectivity index (χ0v) is 16.4. The summed E-state index contributed by atoms with van der Waals surface area (Å²) in [6.07, 6.45) is -0.222. The SMILES string of the molecule is CCN(Cc1ccccc1)C(=O)CC(=O)Nc1ccccc1Oc1ccccc1.